The third kappa shape index (κ3) is 3.25. The minimum Gasteiger partial charge on any atom is -0.378 e. The maximum atomic E-state index is 11.8. The van der Waals surface area contributed by atoms with Crippen molar-refractivity contribution in [3.8, 4) is 0 Å². The largest absolute Gasteiger partial charge is 0.378 e. The molecule has 3 rings (SSSR count). The molecule has 22 heavy (non-hydrogen) atoms. The summed E-state index contributed by atoms with van der Waals surface area (Å²) in [4.78, 5) is 24.7. The Labute approximate surface area is 128 Å². The summed E-state index contributed by atoms with van der Waals surface area (Å²) in [5, 5.41) is 3.13. The molecule has 2 heterocycles. The first-order chi connectivity index (χ1) is 10.6. The highest BCUT2D eigenvalue weighted by atomic mass is 16.5. The molecule has 2 aromatic rings. The van der Waals surface area contributed by atoms with E-state index in [4.69, 9.17) is 4.74 Å². The summed E-state index contributed by atoms with van der Waals surface area (Å²) < 4.78 is 5.30. The summed E-state index contributed by atoms with van der Waals surface area (Å²) >= 11 is 0. The van der Waals surface area contributed by atoms with Crippen LogP contribution in [0.2, 0.25) is 0 Å². The van der Waals surface area contributed by atoms with E-state index in [1.807, 2.05) is 30.0 Å². The van der Waals surface area contributed by atoms with E-state index >= 15 is 0 Å². The number of H-pyrrole nitrogens is 1. The van der Waals surface area contributed by atoms with Crippen molar-refractivity contribution in [1.82, 2.24) is 15.0 Å². The molecule has 1 aromatic carbocycles. The van der Waals surface area contributed by atoms with Gasteiger partial charge in [0.15, 0.2) is 0 Å². The topological polar surface area (TPSA) is 83.1 Å². The van der Waals surface area contributed by atoms with Gasteiger partial charge in [0.2, 0.25) is 11.9 Å². The molecule has 116 valence electrons. The van der Waals surface area contributed by atoms with Crippen LogP contribution in [0, 0.1) is 13.8 Å². The molecule has 1 saturated heterocycles. The Hall–Kier alpha value is -2.41. The van der Waals surface area contributed by atoms with Crippen molar-refractivity contribution in [3.63, 3.8) is 0 Å². The van der Waals surface area contributed by atoms with Crippen molar-refractivity contribution in [2.75, 3.05) is 36.5 Å². The summed E-state index contributed by atoms with van der Waals surface area (Å²) in [6.07, 6.45) is 0. The molecule has 1 aliphatic heterocycles. The van der Waals surface area contributed by atoms with E-state index < -0.39 is 5.69 Å². The van der Waals surface area contributed by atoms with Crippen molar-refractivity contribution in [2.24, 2.45) is 0 Å². The fraction of sp³-hybridized carbons (Fsp3) is 0.400. The Morgan fingerprint density at radius 2 is 1.95 bits per heavy atom. The quantitative estimate of drug-likeness (QED) is 0.890. The lowest BCUT2D eigenvalue weighted by Gasteiger charge is -2.26. The monoisotopic (exact) mass is 301 g/mol. The molecular weight excluding hydrogens is 282 g/mol. The highest BCUT2D eigenvalue weighted by molar-refractivity contribution is 5.56. The van der Waals surface area contributed by atoms with Crippen LogP contribution in [0.4, 0.5) is 17.6 Å². The summed E-state index contributed by atoms with van der Waals surface area (Å²) in [5.74, 6) is 0.822. The van der Waals surface area contributed by atoms with Gasteiger partial charge in [-0.3, -0.25) is 4.98 Å². The van der Waals surface area contributed by atoms with Gasteiger partial charge in [-0.05, 0) is 37.1 Å². The third-order valence-electron chi connectivity index (χ3n) is 3.70. The molecule has 2 N–H and O–H groups in total. The Morgan fingerprint density at radius 3 is 2.68 bits per heavy atom. The Kier molecular flexibility index (Phi) is 4.06. The zero-order valence-electron chi connectivity index (χ0n) is 12.7. The molecular formula is C15H19N5O2. The lowest BCUT2D eigenvalue weighted by Crippen LogP contribution is -2.38. The van der Waals surface area contributed by atoms with Crippen molar-refractivity contribution < 1.29 is 4.74 Å². The van der Waals surface area contributed by atoms with Crippen molar-refractivity contribution >= 4 is 17.6 Å². The maximum absolute atomic E-state index is 11.8. The van der Waals surface area contributed by atoms with Gasteiger partial charge in [0, 0.05) is 18.8 Å². The van der Waals surface area contributed by atoms with Gasteiger partial charge >= 0.3 is 5.69 Å². The third-order valence-corrected chi connectivity index (χ3v) is 3.70. The molecule has 7 heteroatoms. The highest BCUT2D eigenvalue weighted by Crippen LogP contribution is 2.18. The minimum absolute atomic E-state index is 0.393. The molecule has 1 fully saturated rings. The summed E-state index contributed by atoms with van der Waals surface area (Å²) in [6.45, 7) is 6.72. The van der Waals surface area contributed by atoms with Crippen LogP contribution in [0.3, 0.4) is 0 Å². The fourth-order valence-electron chi connectivity index (χ4n) is 2.29. The van der Waals surface area contributed by atoms with Crippen LogP contribution >= 0.6 is 0 Å². The standard InChI is InChI=1S/C15H19N5O2/c1-10-3-4-12(9-11(10)2)16-13-17-14(19-15(21)18-13)20-5-7-22-8-6-20/h3-4,9H,5-8H2,1-2H3,(H2,16,17,18,19,21). The Morgan fingerprint density at radius 1 is 1.18 bits per heavy atom. The number of benzene rings is 1. The summed E-state index contributed by atoms with van der Waals surface area (Å²) in [5.41, 5.74) is 2.86. The zero-order chi connectivity index (χ0) is 15.5. The number of aryl methyl sites for hydroxylation is 2. The van der Waals surface area contributed by atoms with Gasteiger partial charge in [-0.2, -0.15) is 9.97 Å². The van der Waals surface area contributed by atoms with Gasteiger partial charge in [0.05, 0.1) is 13.2 Å². The second-order valence-electron chi connectivity index (χ2n) is 5.33. The highest BCUT2D eigenvalue weighted by Gasteiger charge is 2.15. The molecule has 0 amide bonds. The average Bonchev–Trinajstić information content (AvgIpc) is 2.51. The molecule has 0 atom stereocenters. The SMILES string of the molecule is Cc1ccc(Nc2nc(N3CCOCC3)nc(=O)[nH]2)cc1C. The second-order valence-corrected chi connectivity index (χ2v) is 5.33. The van der Waals surface area contributed by atoms with E-state index in [1.165, 1.54) is 11.1 Å². The van der Waals surface area contributed by atoms with Gasteiger partial charge < -0.3 is 15.0 Å². The summed E-state index contributed by atoms with van der Waals surface area (Å²) in [6, 6.07) is 6.00. The Balaban J connectivity index is 1.85. The number of anilines is 3. The number of aromatic nitrogens is 3. The first-order valence-electron chi connectivity index (χ1n) is 7.27. The van der Waals surface area contributed by atoms with Crippen LogP contribution < -0.4 is 15.9 Å². The van der Waals surface area contributed by atoms with E-state index in [2.05, 4.69) is 27.2 Å². The first kappa shape index (κ1) is 14.5. The van der Waals surface area contributed by atoms with E-state index in [0.717, 1.165) is 5.69 Å². The molecule has 0 aliphatic carbocycles. The number of nitrogens with one attached hydrogen (secondary N) is 2. The summed E-state index contributed by atoms with van der Waals surface area (Å²) in [7, 11) is 0. The van der Waals surface area contributed by atoms with Gasteiger partial charge in [-0.15, -0.1) is 0 Å². The molecule has 7 nitrogen and oxygen atoms in total. The number of rotatable bonds is 3. The van der Waals surface area contributed by atoms with Crippen LogP contribution in [-0.2, 0) is 4.74 Å². The lowest BCUT2D eigenvalue weighted by atomic mass is 10.1. The molecule has 0 saturated carbocycles. The number of hydrogen-bond acceptors (Lipinski definition) is 6. The molecule has 1 aliphatic rings. The molecule has 0 unspecified atom stereocenters. The predicted molar refractivity (Wildman–Crippen MR) is 84.9 cm³/mol. The second kappa shape index (κ2) is 6.15. The molecule has 0 bridgehead atoms. The van der Waals surface area contributed by atoms with E-state index in [1.54, 1.807) is 0 Å². The fourth-order valence-corrected chi connectivity index (χ4v) is 2.29. The number of nitrogens with zero attached hydrogens (tertiary/aromatic N) is 3. The number of morpholine rings is 1. The van der Waals surface area contributed by atoms with E-state index in [0.29, 0.717) is 38.2 Å². The van der Waals surface area contributed by atoms with Crippen LogP contribution in [0.15, 0.2) is 23.0 Å². The maximum Gasteiger partial charge on any atom is 0.351 e. The van der Waals surface area contributed by atoms with E-state index in [-0.39, 0.29) is 0 Å². The number of aromatic amines is 1. The average molecular weight is 301 g/mol. The van der Waals surface area contributed by atoms with Crippen LogP contribution in [-0.4, -0.2) is 41.3 Å². The lowest BCUT2D eigenvalue weighted by molar-refractivity contribution is 0.122. The smallest absolute Gasteiger partial charge is 0.351 e. The van der Waals surface area contributed by atoms with Gasteiger partial charge in [-0.25, -0.2) is 4.79 Å². The normalized spacial score (nSPS) is 14.9. The van der Waals surface area contributed by atoms with Crippen LogP contribution in [0.5, 0.6) is 0 Å². The molecule has 0 spiro atoms. The van der Waals surface area contributed by atoms with Crippen molar-refractivity contribution in [1.29, 1.82) is 0 Å². The number of hydrogen-bond donors (Lipinski definition) is 2. The van der Waals surface area contributed by atoms with Gasteiger partial charge in [0.25, 0.3) is 0 Å². The van der Waals surface area contributed by atoms with Crippen LogP contribution in [0.25, 0.3) is 0 Å². The predicted octanol–water partition coefficient (Wildman–Crippen LogP) is 1.36. The van der Waals surface area contributed by atoms with Gasteiger partial charge in [-0.1, -0.05) is 6.07 Å². The van der Waals surface area contributed by atoms with E-state index in [9.17, 15) is 4.79 Å². The van der Waals surface area contributed by atoms with Gasteiger partial charge in [0.1, 0.15) is 0 Å². The van der Waals surface area contributed by atoms with Crippen molar-refractivity contribution in [3.05, 3.63) is 39.8 Å². The van der Waals surface area contributed by atoms with Crippen LogP contribution in [0.1, 0.15) is 11.1 Å². The minimum atomic E-state index is -0.414. The van der Waals surface area contributed by atoms with Crippen molar-refractivity contribution in [2.45, 2.75) is 13.8 Å². The number of ether oxygens (including phenoxy) is 1. The first-order valence-corrected chi connectivity index (χ1v) is 7.27. The molecule has 0 radical (unpaired) electrons. The molecule has 1 aromatic heterocycles. The zero-order valence-corrected chi connectivity index (χ0v) is 12.7. The Bertz CT molecular complexity index is 722.